The molecule has 10 heavy (non-hydrogen) atoms. The summed E-state index contributed by atoms with van der Waals surface area (Å²) < 4.78 is 0. The summed E-state index contributed by atoms with van der Waals surface area (Å²) in [6.07, 6.45) is 1.04. The van der Waals surface area contributed by atoms with Crippen LogP contribution in [-0.2, 0) is 0 Å². The molecule has 0 aromatic heterocycles. The van der Waals surface area contributed by atoms with Crippen molar-refractivity contribution >= 4 is 12.6 Å². The summed E-state index contributed by atoms with van der Waals surface area (Å²) in [6, 6.07) is 0. The molecule has 62 valence electrons. The Morgan fingerprint density at radius 1 is 1.50 bits per heavy atom. The molecule has 0 amide bonds. The summed E-state index contributed by atoms with van der Waals surface area (Å²) in [5.74, 6) is 0.859. The van der Waals surface area contributed by atoms with Crippen LogP contribution in [-0.4, -0.2) is 24.4 Å². The van der Waals surface area contributed by atoms with E-state index < -0.39 is 0 Å². The molecule has 0 radical (unpaired) electrons. The van der Waals surface area contributed by atoms with Gasteiger partial charge >= 0.3 is 0 Å². The molecule has 0 saturated carbocycles. The fourth-order valence-electron chi connectivity index (χ4n) is 0.585. The lowest BCUT2D eigenvalue weighted by Crippen LogP contribution is -2.41. The van der Waals surface area contributed by atoms with Crippen molar-refractivity contribution in [3.05, 3.63) is 0 Å². The van der Waals surface area contributed by atoms with Gasteiger partial charge < -0.3 is 11.1 Å². The molecule has 0 rings (SSSR count). The molecule has 2 nitrogen and oxygen atoms in total. The van der Waals surface area contributed by atoms with E-state index in [1.165, 1.54) is 0 Å². The minimum absolute atomic E-state index is 0.151. The molecule has 3 heteroatoms. The minimum Gasteiger partial charge on any atom is -0.330 e. The van der Waals surface area contributed by atoms with Crippen LogP contribution in [0.1, 0.15) is 20.3 Å². The fraction of sp³-hybridized carbons (Fsp3) is 1.00. The quantitative estimate of drug-likeness (QED) is 0.410. The number of rotatable bonds is 5. The van der Waals surface area contributed by atoms with Crippen LogP contribution in [0, 0.1) is 0 Å². The number of thiol groups is 1. The number of nitrogens with two attached hydrogens (primary N) is 1. The Hall–Kier alpha value is 0.270. The maximum absolute atomic E-state index is 5.34. The predicted octanol–water partition coefficient (Wildman–Crippen LogP) is 0.633. The lowest BCUT2D eigenvalue weighted by molar-refractivity contribution is 0.432. The second-order valence-electron chi connectivity index (χ2n) is 3.11. The minimum atomic E-state index is 0.151. The molecule has 0 fully saturated rings. The summed E-state index contributed by atoms with van der Waals surface area (Å²) in [4.78, 5) is 0. The molecule has 3 N–H and O–H groups in total. The van der Waals surface area contributed by atoms with Crippen LogP contribution in [0.4, 0.5) is 0 Å². The van der Waals surface area contributed by atoms with E-state index in [0.717, 1.165) is 25.3 Å². The molecule has 0 heterocycles. The van der Waals surface area contributed by atoms with E-state index in [1.54, 1.807) is 0 Å². The van der Waals surface area contributed by atoms with E-state index in [1.807, 2.05) is 0 Å². The van der Waals surface area contributed by atoms with Gasteiger partial charge in [-0.15, -0.1) is 0 Å². The monoisotopic (exact) mass is 162 g/mol. The third kappa shape index (κ3) is 5.09. The number of hydrogen-bond acceptors (Lipinski definition) is 3. The van der Waals surface area contributed by atoms with Crippen molar-refractivity contribution in [1.29, 1.82) is 0 Å². The van der Waals surface area contributed by atoms with E-state index in [0.29, 0.717) is 0 Å². The highest BCUT2D eigenvalue weighted by molar-refractivity contribution is 7.80. The molecule has 0 aromatic rings. The van der Waals surface area contributed by atoms with Crippen molar-refractivity contribution in [1.82, 2.24) is 5.32 Å². The Morgan fingerprint density at radius 2 is 2.10 bits per heavy atom. The average Bonchev–Trinajstić information content (AvgIpc) is 1.89. The van der Waals surface area contributed by atoms with Gasteiger partial charge in [0.1, 0.15) is 0 Å². The van der Waals surface area contributed by atoms with E-state index in [2.05, 4.69) is 31.8 Å². The molecule has 0 saturated heterocycles. The Balaban J connectivity index is 3.28. The van der Waals surface area contributed by atoms with Crippen LogP contribution in [0.25, 0.3) is 0 Å². The van der Waals surface area contributed by atoms with Crippen molar-refractivity contribution < 1.29 is 0 Å². The van der Waals surface area contributed by atoms with Gasteiger partial charge in [0.2, 0.25) is 0 Å². The summed E-state index contributed by atoms with van der Waals surface area (Å²) >= 11 is 4.21. The summed E-state index contributed by atoms with van der Waals surface area (Å²) in [6.45, 7) is 6.02. The lowest BCUT2D eigenvalue weighted by atomic mass is 10.1. The smallest absolute Gasteiger partial charge is 0.0213 e. The van der Waals surface area contributed by atoms with Crippen molar-refractivity contribution in [2.75, 3.05) is 18.8 Å². The van der Waals surface area contributed by atoms with Gasteiger partial charge in [-0.2, -0.15) is 12.6 Å². The number of nitrogens with one attached hydrogen (secondary N) is 1. The molecule has 0 aliphatic carbocycles. The van der Waals surface area contributed by atoms with Crippen LogP contribution in [0.5, 0.6) is 0 Å². The SMILES string of the molecule is CC(C)(CS)NCCCN. The fourth-order valence-corrected chi connectivity index (χ4v) is 0.697. The van der Waals surface area contributed by atoms with Gasteiger partial charge in [-0.25, -0.2) is 0 Å². The molecule has 0 unspecified atom stereocenters. The Labute approximate surface area is 69.0 Å². The maximum atomic E-state index is 5.34. The molecular formula is C7H18N2S. The van der Waals surface area contributed by atoms with E-state index in [4.69, 9.17) is 5.73 Å². The highest BCUT2D eigenvalue weighted by atomic mass is 32.1. The van der Waals surface area contributed by atoms with Gasteiger partial charge in [0.25, 0.3) is 0 Å². The summed E-state index contributed by atoms with van der Waals surface area (Å²) in [5.41, 5.74) is 5.49. The molecular weight excluding hydrogens is 144 g/mol. The maximum Gasteiger partial charge on any atom is 0.0213 e. The highest BCUT2D eigenvalue weighted by Gasteiger charge is 2.12. The Bertz CT molecular complexity index is 83.7. The first-order valence-electron chi connectivity index (χ1n) is 3.68. The lowest BCUT2D eigenvalue weighted by Gasteiger charge is -2.23. The number of hydrogen-bond donors (Lipinski definition) is 3. The van der Waals surface area contributed by atoms with Crippen LogP contribution in [0.15, 0.2) is 0 Å². The molecule has 0 aliphatic rings. The molecule has 0 bridgehead atoms. The van der Waals surface area contributed by atoms with Gasteiger partial charge in [-0.05, 0) is 33.4 Å². The van der Waals surface area contributed by atoms with Crippen molar-refractivity contribution in [2.24, 2.45) is 5.73 Å². The largest absolute Gasteiger partial charge is 0.330 e. The van der Waals surface area contributed by atoms with E-state index >= 15 is 0 Å². The van der Waals surface area contributed by atoms with E-state index in [9.17, 15) is 0 Å². The van der Waals surface area contributed by atoms with Crippen molar-refractivity contribution in [3.63, 3.8) is 0 Å². The van der Waals surface area contributed by atoms with Crippen LogP contribution in [0.2, 0.25) is 0 Å². The van der Waals surface area contributed by atoms with Crippen LogP contribution < -0.4 is 11.1 Å². The zero-order valence-electron chi connectivity index (χ0n) is 6.85. The second-order valence-corrected chi connectivity index (χ2v) is 3.43. The van der Waals surface area contributed by atoms with Gasteiger partial charge in [-0.3, -0.25) is 0 Å². The van der Waals surface area contributed by atoms with Gasteiger partial charge in [0.05, 0.1) is 0 Å². The molecule has 0 aromatic carbocycles. The first-order chi connectivity index (χ1) is 4.62. The zero-order chi connectivity index (χ0) is 8.04. The standard InChI is InChI=1S/C7H18N2S/c1-7(2,6-10)9-5-3-4-8/h9-10H,3-6,8H2,1-2H3. The molecule has 0 aliphatic heterocycles. The van der Waals surface area contributed by atoms with Crippen molar-refractivity contribution in [3.8, 4) is 0 Å². The third-order valence-electron chi connectivity index (χ3n) is 1.38. The molecule has 0 spiro atoms. The third-order valence-corrected chi connectivity index (χ3v) is 2.17. The van der Waals surface area contributed by atoms with Gasteiger partial charge in [-0.1, -0.05) is 0 Å². The molecule has 0 atom stereocenters. The first kappa shape index (κ1) is 10.3. The average molecular weight is 162 g/mol. The van der Waals surface area contributed by atoms with E-state index in [-0.39, 0.29) is 5.54 Å². The normalized spacial score (nSPS) is 12.0. The topological polar surface area (TPSA) is 38.0 Å². The Kier molecular flexibility index (Phi) is 5.13. The van der Waals surface area contributed by atoms with Gasteiger partial charge in [0.15, 0.2) is 0 Å². The zero-order valence-corrected chi connectivity index (χ0v) is 7.75. The van der Waals surface area contributed by atoms with Crippen molar-refractivity contribution in [2.45, 2.75) is 25.8 Å². The first-order valence-corrected chi connectivity index (χ1v) is 4.31. The van der Waals surface area contributed by atoms with Crippen LogP contribution in [0.3, 0.4) is 0 Å². The highest BCUT2D eigenvalue weighted by Crippen LogP contribution is 2.02. The van der Waals surface area contributed by atoms with Crippen LogP contribution >= 0.6 is 12.6 Å². The Morgan fingerprint density at radius 3 is 2.50 bits per heavy atom. The second kappa shape index (κ2) is 4.99. The predicted molar refractivity (Wildman–Crippen MR) is 49.6 cm³/mol. The van der Waals surface area contributed by atoms with Gasteiger partial charge in [0, 0.05) is 11.3 Å². The summed E-state index contributed by atoms with van der Waals surface area (Å²) in [7, 11) is 0. The summed E-state index contributed by atoms with van der Waals surface area (Å²) in [5, 5.41) is 3.35.